The Labute approximate surface area is 179 Å². The lowest BCUT2D eigenvalue weighted by Gasteiger charge is -2.23. The van der Waals surface area contributed by atoms with Crippen LogP contribution in [0.4, 0.5) is 5.82 Å². The molecule has 2 heterocycles. The fourth-order valence-electron chi connectivity index (χ4n) is 3.36. The Bertz CT molecular complexity index is 1060. The fraction of sp³-hybridized carbons (Fsp3) is 0.458. The summed E-state index contributed by atoms with van der Waals surface area (Å²) in [7, 11) is 0. The summed E-state index contributed by atoms with van der Waals surface area (Å²) in [6.07, 6.45) is 0. The van der Waals surface area contributed by atoms with Crippen molar-refractivity contribution < 1.29 is 4.79 Å². The van der Waals surface area contributed by atoms with Gasteiger partial charge in [-0.3, -0.25) is 9.48 Å². The van der Waals surface area contributed by atoms with E-state index in [9.17, 15) is 4.79 Å². The van der Waals surface area contributed by atoms with Gasteiger partial charge in [-0.15, -0.1) is 0 Å². The molecule has 0 atom stereocenters. The summed E-state index contributed by atoms with van der Waals surface area (Å²) in [5.74, 6) is 0.567. The van der Waals surface area contributed by atoms with Gasteiger partial charge in [0.2, 0.25) is 0 Å². The number of benzene rings is 1. The average molecular weight is 408 g/mol. The van der Waals surface area contributed by atoms with Crippen LogP contribution in [0.25, 0.3) is 0 Å². The molecule has 0 unspecified atom stereocenters. The zero-order valence-corrected chi connectivity index (χ0v) is 19.4. The molecule has 6 heteroatoms. The van der Waals surface area contributed by atoms with Gasteiger partial charge in [0, 0.05) is 22.7 Å². The average Bonchev–Trinajstić information content (AvgIpc) is 3.18. The van der Waals surface area contributed by atoms with Gasteiger partial charge in [-0.05, 0) is 58.4 Å². The van der Waals surface area contributed by atoms with Crippen LogP contribution in [0.3, 0.4) is 0 Å². The normalized spacial score (nSPS) is 12.3. The van der Waals surface area contributed by atoms with Gasteiger partial charge in [0.1, 0.15) is 5.82 Å². The largest absolute Gasteiger partial charge is 0.307 e. The van der Waals surface area contributed by atoms with Crippen molar-refractivity contribution in [3.63, 3.8) is 0 Å². The molecule has 160 valence electrons. The van der Waals surface area contributed by atoms with Gasteiger partial charge in [0.15, 0.2) is 0 Å². The molecule has 6 nitrogen and oxygen atoms in total. The van der Waals surface area contributed by atoms with E-state index in [1.54, 1.807) is 0 Å². The summed E-state index contributed by atoms with van der Waals surface area (Å²) in [6, 6.07) is 11.7. The molecule has 0 radical (unpaired) electrons. The maximum Gasteiger partial charge on any atom is 0.256 e. The lowest BCUT2D eigenvalue weighted by atomic mass is 9.92. The molecule has 3 rings (SSSR count). The third-order valence-electron chi connectivity index (χ3n) is 4.98. The van der Waals surface area contributed by atoms with E-state index in [4.69, 9.17) is 5.10 Å². The van der Waals surface area contributed by atoms with Crippen molar-refractivity contribution in [3.05, 3.63) is 64.6 Å². The van der Waals surface area contributed by atoms with Gasteiger partial charge in [0.25, 0.3) is 5.91 Å². The smallest absolute Gasteiger partial charge is 0.256 e. The number of nitrogens with zero attached hydrogens (tertiary/aromatic N) is 4. The van der Waals surface area contributed by atoms with E-state index in [2.05, 4.69) is 58.0 Å². The molecule has 0 fully saturated rings. The minimum atomic E-state index is -0.247. The molecular weight excluding hydrogens is 374 g/mol. The zero-order valence-electron chi connectivity index (χ0n) is 19.4. The molecule has 1 amide bonds. The van der Waals surface area contributed by atoms with Crippen molar-refractivity contribution in [2.24, 2.45) is 0 Å². The fourth-order valence-corrected chi connectivity index (χ4v) is 3.36. The topological polar surface area (TPSA) is 64.7 Å². The lowest BCUT2D eigenvalue weighted by molar-refractivity contribution is 0.102. The minimum absolute atomic E-state index is 0.102. The summed E-state index contributed by atoms with van der Waals surface area (Å²) in [6.45, 7) is 17.3. The summed E-state index contributed by atoms with van der Waals surface area (Å²) in [5, 5.41) is 12.4. The summed E-state index contributed by atoms with van der Waals surface area (Å²) >= 11 is 0. The van der Waals surface area contributed by atoms with E-state index in [1.807, 2.05) is 53.5 Å². The molecule has 0 aliphatic carbocycles. The van der Waals surface area contributed by atoms with E-state index in [0.29, 0.717) is 17.9 Å². The summed E-state index contributed by atoms with van der Waals surface area (Å²) < 4.78 is 3.85. The van der Waals surface area contributed by atoms with Crippen molar-refractivity contribution in [1.82, 2.24) is 19.6 Å². The number of rotatable bonds is 4. The number of amides is 1. The van der Waals surface area contributed by atoms with Crippen LogP contribution in [0.1, 0.15) is 74.5 Å². The molecule has 30 heavy (non-hydrogen) atoms. The van der Waals surface area contributed by atoms with Crippen molar-refractivity contribution in [3.8, 4) is 0 Å². The maximum atomic E-state index is 13.1. The number of aryl methyl sites for hydroxylation is 2. The van der Waals surface area contributed by atoms with Crippen LogP contribution in [-0.4, -0.2) is 25.5 Å². The number of hydrogen-bond donors (Lipinski definition) is 1. The number of carbonyl (C=O) groups is 1. The van der Waals surface area contributed by atoms with Crippen LogP contribution in [0.15, 0.2) is 36.4 Å². The third kappa shape index (κ3) is 4.81. The van der Waals surface area contributed by atoms with Crippen LogP contribution < -0.4 is 5.32 Å². The number of carbonyl (C=O) groups excluding carboxylic acids is 1. The molecule has 2 aromatic heterocycles. The second kappa shape index (κ2) is 7.74. The van der Waals surface area contributed by atoms with Gasteiger partial charge in [-0.1, -0.05) is 32.9 Å². The van der Waals surface area contributed by atoms with Crippen LogP contribution in [-0.2, 0) is 17.5 Å². The number of nitrogens with one attached hydrogen (secondary N) is 1. The van der Waals surface area contributed by atoms with E-state index in [-0.39, 0.29) is 16.9 Å². The molecule has 0 bridgehead atoms. The molecular formula is C24H33N5O. The monoisotopic (exact) mass is 407 g/mol. The van der Waals surface area contributed by atoms with E-state index in [1.165, 1.54) is 0 Å². The molecule has 0 spiro atoms. The first kappa shape index (κ1) is 21.8. The Hall–Kier alpha value is -2.89. The third-order valence-corrected chi connectivity index (χ3v) is 4.98. The second-order valence-electron chi connectivity index (χ2n) is 9.99. The molecule has 0 aliphatic rings. The maximum absolute atomic E-state index is 13.1. The minimum Gasteiger partial charge on any atom is -0.307 e. The molecule has 0 saturated carbocycles. The van der Waals surface area contributed by atoms with E-state index < -0.39 is 0 Å². The highest BCUT2D eigenvalue weighted by atomic mass is 16.1. The lowest BCUT2D eigenvalue weighted by Crippen LogP contribution is -2.27. The SMILES string of the molecule is Cc1cc(C)n(Cc2cccc(C(=O)Nc3cc(C(C)(C)C)nn3C(C)(C)C)c2)n1. The molecule has 3 aromatic rings. The van der Waals surface area contributed by atoms with Gasteiger partial charge >= 0.3 is 0 Å². The molecule has 1 aromatic carbocycles. The second-order valence-corrected chi connectivity index (χ2v) is 9.99. The van der Waals surface area contributed by atoms with E-state index in [0.717, 1.165) is 22.6 Å². The molecule has 0 aliphatic heterocycles. The van der Waals surface area contributed by atoms with Crippen LogP contribution in [0.5, 0.6) is 0 Å². The highest BCUT2D eigenvalue weighted by Crippen LogP contribution is 2.28. The summed E-state index contributed by atoms with van der Waals surface area (Å²) in [5.41, 5.74) is 4.35. The Kier molecular flexibility index (Phi) is 5.63. The van der Waals surface area contributed by atoms with Crippen LogP contribution in [0, 0.1) is 13.8 Å². The predicted octanol–water partition coefficient (Wildman–Crippen LogP) is 5.05. The number of aromatic nitrogens is 4. The number of anilines is 1. The predicted molar refractivity (Wildman–Crippen MR) is 121 cm³/mol. The first-order valence-corrected chi connectivity index (χ1v) is 10.4. The Balaban J connectivity index is 1.86. The summed E-state index contributed by atoms with van der Waals surface area (Å²) in [4.78, 5) is 13.1. The van der Waals surface area contributed by atoms with Crippen molar-refractivity contribution in [1.29, 1.82) is 0 Å². The molecule has 0 saturated heterocycles. The highest BCUT2D eigenvalue weighted by Gasteiger charge is 2.26. The standard InChI is InChI=1S/C24H33N5O/c1-16-12-17(2)28(26-16)15-18-10-9-11-19(13-18)22(30)25-21-14-20(23(3,4)5)27-29(21)24(6,7)8/h9-14H,15H2,1-8H3,(H,25,30). The van der Waals surface area contributed by atoms with Gasteiger partial charge in [0.05, 0.1) is 23.5 Å². The first-order chi connectivity index (χ1) is 13.8. The highest BCUT2D eigenvalue weighted by molar-refractivity contribution is 6.04. The zero-order chi connectivity index (χ0) is 22.3. The van der Waals surface area contributed by atoms with Crippen molar-refractivity contribution in [2.75, 3.05) is 5.32 Å². The van der Waals surface area contributed by atoms with Gasteiger partial charge in [-0.2, -0.15) is 10.2 Å². The number of hydrogen-bond acceptors (Lipinski definition) is 3. The van der Waals surface area contributed by atoms with Crippen molar-refractivity contribution >= 4 is 11.7 Å². The van der Waals surface area contributed by atoms with Crippen LogP contribution >= 0.6 is 0 Å². The van der Waals surface area contributed by atoms with Crippen molar-refractivity contribution in [2.45, 2.75) is 72.9 Å². The Morgan fingerprint density at radius 3 is 2.27 bits per heavy atom. The van der Waals surface area contributed by atoms with E-state index >= 15 is 0 Å². The molecule has 1 N–H and O–H groups in total. The quantitative estimate of drug-likeness (QED) is 0.658. The Morgan fingerprint density at radius 2 is 1.70 bits per heavy atom. The van der Waals surface area contributed by atoms with Gasteiger partial charge in [-0.25, -0.2) is 4.68 Å². The Morgan fingerprint density at radius 1 is 1.00 bits per heavy atom. The van der Waals surface area contributed by atoms with Gasteiger partial charge < -0.3 is 5.32 Å². The first-order valence-electron chi connectivity index (χ1n) is 10.4. The van der Waals surface area contributed by atoms with Crippen LogP contribution in [0.2, 0.25) is 0 Å².